The van der Waals surface area contributed by atoms with Crippen LogP contribution in [0.3, 0.4) is 0 Å². The van der Waals surface area contributed by atoms with Crippen molar-refractivity contribution in [3.8, 4) is 0 Å². The Kier molecular flexibility index (Phi) is 6.41. The number of hydrogen-bond acceptors (Lipinski definition) is 5. The summed E-state index contributed by atoms with van der Waals surface area (Å²) >= 11 is 6.16. The second-order valence-corrected chi connectivity index (χ2v) is 8.50. The highest BCUT2D eigenvalue weighted by Crippen LogP contribution is 2.27. The molecule has 2 heterocycles. The van der Waals surface area contributed by atoms with Crippen molar-refractivity contribution < 1.29 is 17.6 Å². The molecule has 3 rings (SSSR count). The van der Waals surface area contributed by atoms with Gasteiger partial charge in [-0.15, -0.1) is 0 Å². The van der Waals surface area contributed by atoms with Crippen LogP contribution < -0.4 is 5.32 Å². The van der Waals surface area contributed by atoms with Gasteiger partial charge in [0, 0.05) is 25.5 Å². The van der Waals surface area contributed by atoms with E-state index in [1.165, 1.54) is 22.5 Å². The first-order valence-electron chi connectivity index (χ1n) is 9.02. The van der Waals surface area contributed by atoms with Crippen molar-refractivity contribution in [1.82, 2.24) is 14.1 Å². The lowest BCUT2D eigenvalue weighted by Crippen LogP contribution is -2.30. The Morgan fingerprint density at radius 2 is 2.00 bits per heavy atom. The fraction of sp³-hybridized carbons (Fsp3) is 0.263. The smallest absolute Gasteiger partial charge is 0.291 e. The van der Waals surface area contributed by atoms with E-state index in [2.05, 4.69) is 10.4 Å². The molecule has 0 radical (unpaired) electrons. The predicted molar refractivity (Wildman–Crippen MR) is 110 cm³/mol. The van der Waals surface area contributed by atoms with Crippen molar-refractivity contribution in [2.75, 3.05) is 18.4 Å². The zero-order valence-corrected chi connectivity index (χ0v) is 17.6. The third-order valence-electron chi connectivity index (χ3n) is 4.29. The van der Waals surface area contributed by atoms with Gasteiger partial charge >= 0.3 is 0 Å². The summed E-state index contributed by atoms with van der Waals surface area (Å²) in [7, 11) is -3.68. The van der Waals surface area contributed by atoms with Crippen LogP contribution in [0.25, 0.3) is 0 Å². The van der Waals surface area contributed by atoms with Gasteiger partial charge in [-0.2, -0.15) is 9.40 Å². The number of hydrogen-bond donors (Lipinski definition) is 1. The first kappa shape index (κ1) is 21.1. The van der Waals surface area contributed by atoms with Gasteiger partial charge in [-0.1, -0.05) is 25.4 Å². The molecule has 8 nitrogen and oxygen atoms in total. The highest BCUT2D eigenvalue weighted by Gasteiger charge is 2.23. The molecule has 0 spiro atoms. The summed E-state index contributed by atoms with van der Waals surface area (Å²) < 4.78 is 34.0. The van der Waals surface area contributed by atoms with Crippen LogP contribution in [0, 0.1) is 0 Å². The average molecular weight is 437 g/mol. The van der Waals surface area contributed by atoms with Crippen molar-refractivity contribution in [1.29, 1.82) is 0 Å². The molecule has 0 saturated carbocycles. The van der Waals surface area contributed by atoms with Crippen LogP contribution in [0.2, 0.25) is 5.02 Å². The largest absolute Gasteiger partial charge is 0.454 e. The van der Waals surface area contributed by atoms with Crippen LogP contribution in [0.5, 0.6) is 0 Å². The molecule has 0 saturated heterocycles. The molecule has 0 fully saturated rings. The minimum Gasteiger partial charge on any atom is -0.454 e. The number of sulfonamides is 1. The second-order valence-electron chi connectivity index (χ2n) is 6.15. The van der Waals surface area contributed by atoms with Gasteiger partial charge in [0.15, 0.2) is 5.76 Å². The monoisotopic (exact) mass is 436 g/mol. The van der Waals surface area contributed by atoms with Gasteiger partial charge in [0.05, 0.1) is 22.2 Å². The molecule has 29 heavy (non-hydrogen) atoms. The van der Waals surface area contributed by atoms with Crippen molar-refractivity contribution in [3.05, 3.63) is 65.3 Å². The summed E-state index contributed by atoms with van der Waals surface area (Å²) in [5.74, 6) is 0.110. The van der Waals surface area contributed by atoms with E-state index in [0.717, 1.165) is 0 Å². The van der Waals surface area contributed by atoms with Crippen LogP contribution in [0.1, 0.15) is 30.2 Å². The number of aromatic nitrogens is 2. The van der Waals surface area contributed by atoms with E-state index in [1.807, 2.05) is 0 Å². The topological polar surface area (TPSA) is 97.4 Å². The lowest BCUT2D eigenvalue weighted by Gasteiger charge is -2.19. The Morgan fingerprint density at radius 3 is 2.66 bits per heavy atom. The van der Waals surface area contributed by atoms with E-state index in [0.29, 0.717) is 25.4 Å². The molecule has 0 atom stereocenters. The zero-order chi connectivity index (χ0) is 21.0. The quantitative estimate of drug-likeness (QED) is 0.583. The molecule has 1 amide bonds. The number of carbonyl (C=O) groups is 1. The maximum absolute atomic E-state index is 12.7. The SMILES string of the molecule is CCN(CC)S(=O)(=O)c1ccc(Cl)c(NC(=O)c2ccc(Cn3cccn3)o2)c1. The molecule has 0 aliphatic carbocycles. The Labute approximate surface area is 174 Å². The molecule has 10 heteroatoms. The Balaban J connectivity index is 1.79. The number of nitrogens with one attached hydrogen (secondary N) is 1. The fourth-order valence-corrected chi connectivity index (χ4v) is 4.45. The van der Waals surface area contributed by atoms with Gasteiger partial charge in [-0.25, -0.2) is 8.42 Å². The number of nitrogens with zero attached hydrogens (tertiary/aromatic N) is 3. The summed E-state index contributed by atoms with van der Waals surface area (Å²) in [4.78, 5) is 12.6. The Morgan fingerprint density at radius 1 is 1.24 bits per heavy atom. The van der Waals surface area contributed by atoms with Crippen LogP contribution in [0.15, 0.2) is 58.1 Å². The van der Waals surface area contributed by atoms with Gasteiger partial charge in [0.1, 0.15) is 5.76 Å². The molecule has 1 aromatic carbocycles. The summed E-state index contributed by atoms with van der Waals surface area (Å²) in [6, 6.07) is 9.22. The van der Waals surface area contributed by atoms with Crippen LogP contribution in [-0.2, 0) is 16.6 Å². The number of anilines is 1. The van der Waals surface area contributed by atoms with E-state index in [4.69, 9.17) is 16.0 Å². The lowest BCUT2D eigenvalue weighted by molar-refractivity contribution is 0.0994. The normalized spacial score (nSPS) is 11.7. The molecule has 0 unspecified atom stereocenters. The van der Waals surface area contributed by atoms with Crippen molar-refractivity contribution in [2.24, 2.45) is 0 Å². The highest BCUT2D eigenvalue weighted by molar-refractivity contribution is 7.89. The van der Waals surface area contributed by atoms with Crippen molar-refractivity contribution in [3.63, 3.8) is 0 Å². The first-order valence-corrected chi connectivity index (χ1v) is 10.8. The Hall–Kier alpha value is -2.62. The number of amides is 1. The highest BCUT2D eigenvalue weighted by atomic mass is 35.5. The minimum absolute atomic E-state index is 0.0553. The molecule has 0 aliphatic heterocycles. The molecule has 0 aliphatic rings. The summed E-state index contributed by atoms with van der Waals surface area (Å²) in [5.41, 5.74) is 0.190. The third kappa shape index (κ3) is 4.69. The van der Waals surface area contributed by atoms with E-state index >= 15 is 0 Å². The van der Waals surface area contributed by atoms with E-state index in [-0.39, 0.29) is 21.4 Å². The first-order chi connectivity index (χ1) is 13.8. The standard InChI is InChI=1S/C19H21ClN4O4S/c1-3-24(4-2)29(26,27)15-7-8-16(20)17(12-15)22-19(25)18-9-6-14(28-18)13-23-11-5-10-21-23/h5-12H,3-4,13H2,1-2H3,(H,22,25). The summed E-state index contributed by atoms with van der Waals surface area (Å²) in [6.45, 7) is 4.59. The van der Waals surface area contributed by atoms with Crippen molar-refractivity contribution >= 4 is 33.2 Å². The van der Waals surface area contributed by atoms with Crippen LogP contribution in [-0.4, -0.2) is 41.5 Å². The van der Waals surface area contributed by atoms with Crippen molar-refractivity contribution in [2.45, 2.75) is 25.3 Å². The van der Waals surface area contributed by atoms with Gasteiger partial charge in [-0.3, -0.25) is 9.48 Å². The van der Waals surface area contributed by atoms with E-state index in [1.54, 1.807) is 49.1 Å². The number of benzene rings is 1. The molecule has 1 N–H and O–H groups in total. The van der Waals surface area contributed by atoms with Gasteiger partial charge in [0.25, 0.3) is 5.91 Å². The van der Waals surface area contributed by atoms with Gasteiger partial charge in [0.2, 0.25) is 10.0 Å². The average Bonchev–Trinajstić information content (AvgIpc) is 3.36. The van der Waals surface area contributed by atoms with E-state index < -0.39 is 15.9 Å². The lowest BCUT2D eigenvalue weighted by atomic mass is 10.3. The molecule has 154 valence electrons. The van der Waals surface area contributed by atoms with Gasteiger partial charge in [-0.05, 0) is 36.4 Å². The minimum atomic E-state index is -3.68. The zero-order valence-electron chi connectivity index (χ0n) is 16.0. The third-order valence-corrected chi connectivity index (χ3v) is 6.67. The van der Waals surface area contributed by atoms with Gasteiger partial charge < -0.3 is 9.73 Å². The number of carbonyl (C=O) groups excluding carboxylic acids is 1. The Bertz CT molecular complexity index is 1090. The fourth-order valence-electron chi connectivity index (χ4n) is 2.80. The maximum atomic E-state index is 12.7. The van der Waals surface area contributed by atoms with Crippen LogP contribution >= 0.6 is 11.6 Å². The number of halogens is 1. The van der Waals surface area contributed by atoms with Crippen LogP contribution in [0.4, 0.5) is 5.69 Å². The molecular weight excluding hydrogens is 416 g/mol. The maximum Gasteiger partial charge on any atom is 0.291 e. The van der Waals surface area contributed by atoms with E-state index in [9.17, 15) is 13.2 Å². The summed E-state index contributed by atoms with van der Waals surface area (Å²) in [6.07, 6.45) is 3.43. The molecule has 0 bridgehead atoms. The molecule has 3 aromatic rings. The molecular formula is C19H21ClN4O4S. The second kappa shape index (κ2) is 8.81. The summed E-state index contributed by atoms with van der Waals surface area (Å²) in [5, 5.41) is 6.92. The predicted octanol–water partition coefficient (Wildman–Crippen LogP) is 3.46. The number of rotatable bonds is 8. The molecule has 2 aromatic heterocycles. The number of furan rings is 1.